The van der Waals surface area contributed by atoms with Crippen LogP contribution in [0.4, 0.5) is 36.3 Å². The number of hydrogen-bond donors (Lipinski definition) is 3. The number of aromatic nitrogens is 5. The number of pyridine rings is 1. The minimum Gasteiger partial charge on any atom is -0.366 e. The maximum absolute atomic E-state index is 13.1. The van der Waals surface area contributed by atoms with Gasteiger partial charge in [0.15, 0.2) is 0 Å². The number of carbonyl (C=O) groups is 1. The van der Waals surface area contributed by atoms with Crippen LogP contribution < -0.4 is 16.0 Å². The number of amides is 1. The lowest BCUT2D eigenvalue weighted by atomic mass is 10.1. The number of hydrogen-bond acceptors (Lipinski definition) is 7. The van der Waals surface area contributed by atoms with Crippen molar-refractivity contribution >= 4 is 29.0 Å². The lowest BCUT2D eigenvalue weighted by Crippen LogP contribution is -2.14. The Morgan fingerprint density at radius 2 is 1.77 bits per heavy atom. The fourth-order valence-electron chi connectivity index (χ4n) is 3.84. The summed E-state index contributed by atoms with van der Waals surface area (Å²) in [5, 5.41) is 9.16. The molecule has 0 aliphatic heterocycles. The molecule has 0 radical (unpaired) electrons. The topological polar surface area (TPSA) is 110 Å². The Bertz CT molecular complexity index is 1640. The summed E-state index contributed by atoms with van der Waals surface area (Å²) in [5.74, 6) is 0.995. The first-order valence-corrected chi connectivity index (χ1v) is 12.1. The molecule has 9 nitrogen and oxygen atoms in total. The van der Waals surface area contributed by atoms with Crippen LogP contribution in [-0.4, -0.2) is 30.4 Å². The number of carbonyl (C=O) groups excluding carboxylic acids is 1. The molecule has 0 aliphatic rings. The quantitative estimate of drug-likeness (QED) is 0.220. The summed E-state index contributed by atoms with van der Waals surface area (Å²) in [7, 11) is 0. The number of halogens is 3. The third kappa shape index (κ3) is 6.23. The van der Waals surface area contributed by atoms with Crippen molar-refractivity contribution in [3.05, 3.63) is 114 Å². The molecule has 3 aromatic heterocycles. The van der Waals surface area contributed by atoms with Crippen molar-refractivity contribution in [2.24, 2.45) is 0 Å². The van der Waals surface area contributed by atoms with E-state index in [1.807, 2.05) is 19.1 Å². The highest BCUT2D eigenvalue weighted by Gasteiger charge is 2.30. The summed E-state index contributed by atoms with van der Waals surface area (Å²) < 4.78 is 40.9. The Morgan fingerprint density at radius 3 is 2.58 bits per heavy atom. The van der Waals surface area contributed by atoms with E-state index >= 15 is 0 Å². The highest BCUT2D eigenvalue weighted by atomic mass is 19.4. The number of nitrogens with one attached hydrogen (secondary N) is 3. The first kappa shape index (κ1) is 26.4. The Labute approximate surface area is 227 Å². The number of benzene rings is 2. The molecule has 0 saturated heterocycles. The van der Waals surface area contributed by atoms with Crippen molar-refractivity contribution in [3.8, 4) is 5.82 Å². The summed E-state index contributed by atoms with van der Waals surface area (Å²) in [6.07, 6.45) is 3.71. The van der Waals surface area contributed by atoms with Crippen molar-refractivity contribution in [3.63, 3.8) is 0 Å². The smallest absolute Gasteiger partial charge is 0.366 e. The zero-order chi connectivity index (χ0) is 28.1. The second-order valence-corrected chi connectivity index (χ2v) is 8.78. The molecule has 3 N–H and O–H groups in total. The molecule has 0 aliphatic carbocycles. The second-order valence-electron chi connectivity index (χ2n) is 8.78. The molecule has 12 heteroatoms. The van der Waals surface area contributed by atoms with Crippen molar-refractivity contribution in [1.82, 2.24) is 24.5 Å². The van der Waals surface area contributed by atoms with E-state index in [0.29, 0.717) is 35.5 Å². The van der Waals surface area contributed by atoms with E-state index in [1.54, 1.807) is 53.6 Å². The van der Waals surface area contributed by atoms with E-state index in [9.17, 15) is 18.0 Å². The summed E-state index contributed by atoms with van der Waals surface area (Å²) in [5.41, 5.74) is 1.96. The first-order chi connectivity index (χ1) is 19.3. The van der Waals surface area contributed by atoms with E-state index in [-0.39, 0.29) is 5.56 Å². The van der Waals surface area contributed by atoms with Gasteiger partial charge in [0.25, 0.3) is 5.91 Å². The van der Waals surface area contributed by atoms with E-state index in [0.717, 1.165) is 23.3 Å². The number of aryl methyl sites for hydroxylation is 1. The van der Waals surface area contributed by atoms with Gasteiger partial charge in [-0.25, -0.2) is 15.0 Å². The lowest BCUT2D eigenvalue weighted by Gasteiger charge is -2.14. The molecule has 5 rings (SSSR count). The molecule has 0 atom stereocenters. The van der Waals surface area contributed by atoms with Gasteiger partial charge < -0.3 is 16.0 Å². The summed E-state index contributed by atoms with van der Waals surface area (Å²) in [6.45, 7) is 2.44. The fraction of sp³-hybridized carbons (Fsp3) is 0.107. The Morgan fingerprint density at radius 1 is 0.950 bits per heavy atom. The zero-order valence-corrected chi connectivity index (χ0v) is 21.1. The van der Waals surface area contributed by atoms with Crippen LogP contribution >= 0.6 is 0 Å². The van der Waals surface area contributed by atoms with Gasteiger partial charge in [-0.15, -0.1) is 0 Å². The number of anilines is 4. The molecule has 0 fully saturated rings. The summed E-state index contributed by atoms with van der Waals surface area (Å²) in [6, 6.07) is 15.0. The molecular formula is C28H23F3N8O. The molecule has 0 unspecified atom stereocenters. The second kappa shape index (κ2) is 11.2. The Hall–Kier alpha value is -5.26. The number of nitrogens with zero attached hydrogens (tertiary/aromatic N) is 5. The summed E-state index contributed by atoms with van der Waals surface area (Å²) >= 11 is 0. The van der Waals surface area contributed by atoms with Crippen LogP contribution in [0.3, 0.4) is 0 Å². The molecule has 0 saturated carbocycles. The minimum atomic E-state index is -4.54. The Kier molecular flexibility index (Phi) is 7.40. The van der Waals surface area contributed by atoms with E-state index in [4.69, 9.17) is 0 Å². The molecule has 1 amide bonds. The molecule has 40 heavy (non-hydrogen) atoms. The number of imidazole rings is 1. The van der Waals surface area contributed by atoms with E-state index in [2.05, 4.69) is 35.9 Å². The van der Waals surface area contributed by atoms with Gasteiger partial charge in [-0.3, -0.25) is 14.3 Å². The average Bonchev–Trinajstić information content (AvgIpc) is 3.42. The van der Waals surface area contributed by atoms with Gasteiger partial charge in [-0.05, 0) is 60.5 Å². The van der Waals surface area contributed by atoms with Crippen LogP contribution in [0.15, 0.2) is 91.8 Å². The first-order valence-electron chi connectivity index (χ1n) is 12.1. The van der Waals surface area contributed by atoms with Crippen LogP contribution in [0.1, 0.15) is 27.0 Å². The van der Waals surface area contributed by atoms with Gasteiger partial charge >= 0.3 is 6.18 Å². The van der Waals surface area contributed by atoms with Crippen LogP contribution in [0.25, 0.3) is 5.82 Å². The number of alkyl halides is 3. The molecule has 0 bridgehead atoms. The Balaban J connectivity index is 1.32. The minimum absolute atomic E-state index is 0.0995. The molecular weight excluding hydrogens is 521 g/mol. The van der Waals surface area contributed by atoms with Crippen molar-refractivity contribution in [1.29, 1.82) is 0 Å². The van der Waals surface area contributed by atoms with Gasteiger partial charge in [0.1, 0.15) is 18.0 Å². The maximum Gasteiger partial charge on any atom is 0.416 e. The average molecular weight is 545 g/mol. The van der Waals surface area contributed by atoms with Gasteiger partial charge in [0.2, 0.25) is 5.95 Å². The highest BCUT2D eigenvalue weighted by Crippen LogP contribution is 2.30. The van der Waals surface area contributed by atoms with Gasteiger partial charge in [0.05, 0.1) is 5.56 Å². The van der Waals surface area contributed by atoms with Gasteiger partial charge in [-0.1, -0.05) is 12.1 Å². The van der Waals surface area contributed by atoms with Crippen LogP contribution in [0, 0.1) is 6.92 Å². The molecule has 202 valence electrons. The van der Waals surface area contributed by atoms with Crippen LogP contribution in [0.2, 0.25) is 0 Å². The predicted molar refractivity (Wildman–Crippen MR) is 145 cm³/mol. The van der Waals surface area contributed by atoms with Gasteiger partial charge in [-0.2, -0.15) is 13.2 Å². The molecule has 2 aromatic carbocycles. The number of rotatable bonds is 8. The molecule has 5 aromatic rings. The van der Waals surface area contributed by atoms with Crippen LogP contribution in [0.5, 0.6) is 0 Å². The van der Waals surface area contributed by atoms with E-state index in [1.165, 1.54) is 18.5 Å². The van der Waals surface area contributed by atoms with Gasteiger partial charge in [0, 0.05) is 54.3 Å². The fourth-order valence-corrected chi connectivity index (χ4v) is 3.84. The van der Waals surface area contributed by atoms with Crippen molar-refractivity contribution in [2.45, 2.75) is 19.6 Å². The highest BCUT2D eigenvalue weighted by molar-refractivity contribution is 6.04. The standard InChI is InChI=1S/C28H23F3N8O/c1-18-5-6-22(37-26(40)20-3-2-4-21(13-20)28(29,30)31)14-23(18)38-27-33-11-12-39(27)25-15-24(35-17-36-25)34-16-19-7-9-32-10-8-19/h2-15,17H,16H2,1H3,(H,33,38)(H,37,40)(H,34,35,36). The van der Waals surface area contributed by atoms with Crippen molar-refractivity contribution in [2.75, 3.05) is 16.0 Å². The predicted octanol–water partition coefficient (Wildman–Crippen LogP) is 5.99. The maximum atomic E-state index is 13.1. The SMILES string of the molecule is Cc1ccc(NC(=O)c2cccc(C(F)(F)F)c2)cc1Nc1nccn1-c1cc(NCc2ccncc2)ncn1. The third-order valence-corrected chi connectivity index (χ3v) is 5.96. The lowest BCUT2D eigenvalue weighted by molar-refractivity contribution is -0.137. The molecule has 3 heterocycles. The zero-order valence-electron chi connectivity index (χ0n) is 21.1. The largest absolute Gasteiger partial charge is 0.416 e. The summed E-state index contributed by atoms with van der Waals surface area (Å²) in [4.78, 5) is 29.7. The molecule has 0 spiro atoms. The van der Waals surface area contributed by atoms with Crippen LogP contribution in [-0.2, 0) is 12.7 Å². The monoisotopic (exact) mass is 544 g/mol. The van der Waals surface area contributed by atoms with Crippen molar-refractivity contribution < 1.29 is 18.0 Å². The normalized spacial score (nSPS) is 11.2. The van der Waals surface area contributed by atoms with E-state index < -0.39 is 17.6 Å². The third-order valence-electron chi connectivity index (χ3n) is 5.96.